The number of hydrogen-bond donors (Lipinski definition) is 0. The lowest BCUT2D eigenvalue weighted by Crippen LogP contribution is -2.59. The summed E-state index contributed by atoms with van der Waals surface area (Å²) < 4.78 is 138. The second kappa shape index (κ2) is 7.38. The average Bonchev–Trinajstić information content (AvgIpc) is 2.75. The van der Waals surface area contributed by atoms with E-state index in [0.29, 0.717) is 13.8 Å². The fourth-order valence-corrected chi connectivity index (χ4v) is 2.72. The van der Waals surface area contributed by atoms with E-state index in [-0.39, 0.29) is 0 Å². The monoisotopic (exact) mass is 472 g/mol. The van der Waals surface area contributed by atoms with Crippen LogP contribution in [-0.4, -0.2) is 11.8 Å². The quantitative estimate of drug-likeness (QED) is 0.280. The molecule has 0 unspecified atom stereocenters. The summed E-state index contributed by atoms with van der Waals surface area (Å²) in [6, 6.07) is 0. The van der Waals surface area contributed by atoms with Gasteiger partial charge in [-0.3, -0.25) is 19.4 Å². The van der Waals surface area contributed by atoms with Crippen molar-refractivity contribution in [2.45, 2.75) is 13.8 Å². The Kier molecular flexibility index (Phi) is 5.38. The molecular formula is C18H6F10N2O2. The van der Waals surface area contributed by atoms with Gasteiger partial charge in [0, 0.05) is 0 Å². The lowest BCUT2D eigenvalue weighted by Gasteiger charge is -2.41. The molecule has 0 aliphatic carbocycles. The zero-order chi connectivity index (χ0) is 24.4. The third kappa shape index (κ3) is 2.99. The van der Waals surface area contributed by atoms with E-state index in [4.69, 9.17) is 0 Å². The number of hydrogen-bond acceptors (Lipinski definition) is 2. The molecule has 2 aromatic rings. The van der Waals surface area contributed by atoms with E-state index in [1.54, 1.807) is 0 Å². The highest BCUT2D eigenvalue weighted by Gasteiger charge is 2.52. The van der Waals surface area contributed by atoms with Gasteiger partial charge in [0.1, 0.15) is 16.8 Å². The molecule has 170 valence electrons. The highest BCUT2D eigenvalue weighted by molar-refractivity contribution is 6.20. The van der Waals surface area contributed by atoms with Gasteiger partial charge in [0.25, 0.3) is 0 Å². The van der Waals surface area contributed by atoms with Crippen LogP contribution in [0.15, 0.2) is 0 Å². The molecule has 2 amide bonds. The van der Waals surface area contributed by atoms with Gasteiger partial charge in [0.15, 0.2) is 46.5 Å². The second-order valence-electron chi connectivity index (χ2n) is 6.84. The molecule has 14 heteroatoms. The Labute approximate surface area is 171 Å². The maximum absolute atomic E-state index is 14.2. The Bertz CT molecular complexity index is 1050. The summed E-state index contributed by atoms with van der Waals surface area (Å²) in [5.74, 6) is -29.1. The van der Waals surface area contributed by atoms with Gasteiger partial charge in [-0.2, -0.15) is 0 Å². The number of nitrogens with zero attached hydrogens (tertiary/aromatic N) is 2. The first kappa shape index (κ1) is 23.3. The van der Waals surface area contributed by atoms with Crippen LogP contribution < -0.4 is 9.80 Å². The SMILES string of the molecule is CC1(C)C(=O)N(c2c(F)c(F)c(F)c(F)c2F)[C]N(c2c(F)c(F)c(F)c(F)c2F)C1=O. The van der Waals surface area contributed by atoms with Crippen molar-refractivity contribution in [2.75, 3.05) is 9.80 Å². The van der Waals surface area contributed by atoms with E-state index in [2.05, 4.69) is 0 Å². The highest BCUT2D eigenvalue weighted by atomic mass is 19.2. The fourth-order valence-electron chi connectivity index (χ4n) is 2.72. The molecule has 1 saturated heterocycles. The number of amides is 2. The highest BCUT2D eigenvalue weighted by Crippen LogP contribution is 2.41. The maximum Gasteiger partial charge on any atom is 0.244 e. The van der Waals surface area contributed by atoms with Crippen LogP contribution >= 0.6 is 0 Å². The van der Waals surface area contributed by atoms with E-state index < -0.39 is 96.6 Å². The molecule has 0 atom stereocenters. The van der Waals surface area contributed by atoms with Crippen LogP contribution in [0.3, 0.4) is 0 Å². The zero-order valence-electron chi connectivity index (χ0n) is 15.5. The van der Waals surface area contributed by atoms with E-state index in [1.807, 2.05) is 0 Å². The van der Waals surface area contributed by atoms with Crippen molar-refractivity contribution in [1.82, 2.24) is 0 Å². The topological polar surface area (TPSA) is 40.6 Å². The molecule has 4 nitrogen and oxygen atoms in total. The molecule has 0 bridgehead atoms. The normalized spacial score (nSPS) is 16.2. The van der Waals surface area contributed by atoms with Crippen LogP contribution in [0.25, 0.3) is 0 Å². The number of rotatable bonds is 2. The van der Waals surface area contributed by atoms with E-state index in [1.165, 1.54) is 6.67 Å². The molecule has 3 rings (SSSR count). The summed E-state index contributed by atoms with van der Waals surface area (Å²) in [7, 11) is 0. The number of carbonyl (C=O) groups is 2. The largest absolute Gasteiger partial charge is 0.273 e. The van der Waals surface area contributed by atoms with Crippen molar-refractivity contribution in [3.63, 3.8) is 0 Å². The summed E-state index contributed by atoms with van der Waals surface area (Å²) in [6.07, 6.45) is 0. The van der Waals surface area contributed by atoms with Crippen molar-refractivity contribution >= 4 is 23.2 Å². The summed E-state index contributed by atoms with van der Waals surface area (Å²) >= 11 is 0. The first-order valence-corrected chi connectivity index (χ1v) is 8.14. The van der Waals surface area contributed by atoms with Crippen molar-refractivity contribution < 1.29 is 53.5 Å². The number of anilines is 2. The first-order valence-electron chi connectivity index (χ1n) is 8.14. The molecule has 2 radical (unpaired) electrons. The molecule has 32 heavy (non-hydrogen) atoms. The predicted octanol–water partition coefficient (Wildman–Crippen LogP) is 4.48. The number of carbonyl (C=O) groups excluding carboxylic acids is 2. The number of benzene rings is 2. The van der Waals surface area contributed by atoms with Gasteiger partial charge in [-0.15, -0.1) is 0 Å². The fraction of sp³-hybridized carbons (Fsp3) is 0.167. The van der Waals surface area contributed by atoms with Crippen LogP contribution in [0.1, 0.15) is 13.8 Å². The van der Waals surface area contributed by atoms with Gasteiger partial charge in [-0.05, 0) is 13.8 Å². The minimum atomic E-state index is -2.61. The molecule has 0 aromatic heterocycles. The summed E-state index contributed by atoms with van der Waals surface area (Å²) in [5.41, 5.74) is -6.55. The van der Waals surface area contributed by atoms with Crippen molar-refractivity contribution in [2.24, 2.45) is 5.41 Å². The summed E-state index contributed by atoms with van der Waals surface area (Å²) in [5, 5.41) is 0. The van der Waals surface area contributed by atoms with Gasteiger partial charge in [0.05, 0.1) is 0 Å². The average molecular weight is 472 g/mol. The van der Waals surface area contributed by atoms with Crippen molar-refractivity contribution in [1.29, 1.82) is 0 Å². The summed E-state index contributed by atoms with van der Waals surface area (Å²) in [4.78, 5) is 24.2. The van der Waals surface area contributed by atoms with Crippen molar-refractivity contribution in [3.8, 4) is 0 Å². The summed E-state index contributed by atoms with van der Waals surface area (Å²) in [6.45, 7) is 2.76. The molecule has 0 spiro atoms. The predicted molar refractivity (Wildman–Crippen MR) is 84.5 cm³/mol. The van der Waals surface area contributed by atoms with Crippen molar-refractivity contribution in [3.05, 3.63) is 64.8 Å². The smallest absolute Gasteiger partial charge is 0.244 e. The standard InChI is InChI=1S/C18H6F10N2O2/c1-18(2)16(31)29(14-10(25)6(21)4(19)7(22)11(14)26)3-30(17(18)32)15-12(27)8(23)5(20)9(24)13(15)28/h1-2H3. The Morgan fingerprint density at radius 3 is 0.969 bits per heavy atom. The van der Waals surface area contributed by atoms with Crippen LogP contribution in [0.4, 0.5) is 55.3 Å². The molecule has 1 aliphatic heterocycles. The molecule has 2 aromatic carbocycles. The minimum absolute atomic E-state index is 0.476. The third-order valence-corrected chi connectivity index (χ3v) is 4.50. The Morgan fingerprint density at radius 2 is 0.719 bits per heavy atom. The van der Waals surface area contributed by atoms with Crippen LogP contribution in [0.2, 0.25) is 0 Å². The van der Waals surface area contributed by atoms with E-state index in [9.17, 15) is 53.5 Å². The van der Waals surface area contributed by atoms with E-state index in [0.717, 1.165) is 0 Å². The van der Waals surface area contributed by atoms with Gasteiger partial charge in [0.2, 0.25) is 30.1 Å². The first-order chi connectivity index (χ1) is 14.7. The lowest BCUT2D eigenvalue weighted by molar-refractivity contribution is -0.139. The van der Waals surface area contributed by atoms with Crippen LogP contribution in [-0.2, 0) is 9.59 Å². The van der Waals surface area contributed by atoms with Gasteiger partial charge in [-0.1, -0.05) is 0 Å². The Hall–Kier alpha value is -3.32. The van der Waals surface area contributed by atoms with Gasteiger partial charge < -0.3 is 0 Å². The molecule has 1 aliphatic rings. The van der Waals surface area contributed by atoms with E-state index >= 15 is 0 Å². The maximum atomic E-state index is 14.2. The molecule has 0 saturated carbocycles. The minimum Gasteiger partial charge on any atom is -0.273 e. The van der Waals surface area contributed by atoms with Gasteiger partial charge in [-0.25, -0.2) is 43.9 Å². The zero-order valence-corrected chi connectivity index (χ0v) is 15.5. The molecule has 1 fully saturated rings. The lowest BCUT2D eigenvalue weighted by atomic mass is 9.87. The van der Waals surface area contributed by atoms with Crippen LogP contribution in [0, 0.1) is 70.3 Å². The Morgan fingerprint density at radius 1 is 0.500 bits per heavy atom. The third-order valence-electron chi connectivity index (χ3n) is 4.50. The molecular weight excluding hydrogens is 466 g/mol. The Balaban J connectivity index is 2.30. The van der Waals surface area contributed by atoms with Crippen LogP contribution in [0.5, 0.6) is 0 Å². The second-order valence-corrected chi connectivity index (χ2v) is 6.84. The molecule has 0 N–H and O–H groups in total. The number of halogens is 10. The van der Waals surface area contributed by atoms with Gasteiger partial charge >= 0.3 is 0 Å². The molecule has 1 heterocycles.